The maximum Gasteiger partial charge on any atom is 0.433 e. The molecule has 2 nitrogen and oxygen atoms in total. The molecular formula is C10H12F3NO. The van der Waals surface area contributed by atoms with Crippen LogP contribution in [-0.4, -0.2) is 11.1 Å². The predicted octanol–water partition coefficient (Wildman–Crippen LogP) is 3.20. The van der Waals surface area contributed by atoms with Crippen LogP contribution in [0.15, 0.2) is 12.1 Å². The zero-order chi connectivity index (χ0) is 11.6. The van der Waals surface area contributed by atoms with Crippen LogP contribution in [0.2, 0.25) is 0 Å². The molecule has 0 aliphatic rings. The van der Waals surface area contributed by atoms with Crippen molar-refractivity contribution in [1.29, 1.82) is 0 Å². The molecule has 0 N–H and O–H groups in total. The van der Waals surface area contributed by atoms with E-state index in [2.05, 4.69) is 4.98 Å². The zero-order valence-electron chi connectivity index (χ0n) is 8.72. The summed E-state index contributed by atoms with van der Waals surface area (Å²) in [5.74, 6) is 0.0114. The van der Waals surface area contributed by atoms with E-state index in [4.69, 9.17) is 4.74 Å². The van der Waals surface area contributed by atoms with Gasteiger partial charge >= 0.3 is 6.18 Å². The van der Waals surface area contributed by atoms with Crippen molar-refractivity contribution in [2.75, 3.05) is 0 Å². The second-order valence-corrected chi connectivity index (χ2v) is 3.53. The summed E-state index contributed by atoms with van der Waals surface area (Å²) in [6.07, 6.45) is -4.62. The Morgan fingerprint density at radius 3 is 2.33 bits per heavy atom. The van der Waals surface area contributed by atoms with Crippen molar-refractivity contribution in [3.63, 3.8) is 0 Å². The molecule has 1 heterocycles. The maximum absolute atomic E-state index is 12.4. The topological polar surface area (TPSA) is 22.1 Å². The van der Waals surface area contributed by atoms with E-state index in [0.717, 1.165) is 6.07 Å². The van der Waals surface area contributed by atoms with Crippen LogP contribution in [0.4, 0.5) is 13.2 Å². The molecule has 1 aromatic heterocycles. The number of halogens is 3. The molecule has 0 spiro atoms. The standard InChI is InChI=1S/C10H12F3NO/c1-6(2)15-9-5-7(3)4-8(14-9)10(11,12)13/h4-6H,1-3H3. The second-order valence-electron chi connectivity index (χ2n) is 3.53. The number of hydrogen-bond donors (Lipinski definition) is 0. The average molecular weight is 219 g/mol. The summed E-state index contributed by atoms with van der Waals surface area (Å²) in [5, 5.41) is 0. The minimum absolute atomic E-state index is 0.0114. The summed E-state index contributed by atoms with van der Waals surface area (Å²) in [6.45, 7) is 5.04. The highest BCUT2D eigenvalue weighted by molar-refractivity contribution is 5.25. The third-order valence-corrected chi connectivity index (χ3v) is 1.59. The second kappa shape index (κ2) is 4.08. The minimum atomic E-state index is -4.43. The average Bonchev–Trinajstić information content (AvgIpc) is 1.99. The van der Waals surface area contributed by atoms with Crippen LogP contribution in [0.1, 0.15) is 25.1 Å². The lowest BCUT2D eigenvalue weighted by Crippen LogP contribution is -2.12. The number of alkyl halides is 3. The highest BCUT2D eigenvalue weighted by Crippen LogP contribution is 2.29. The molecule has 0 saturated carbocycles. The summed E-state index contributed by atoms with van der Waals surface area (Å²) < 4.78 is 42.2. The lowest BCUT2D eigenvalue weighted by Gasteiger charge is -2.12. The minimum Gasteiger partial charge on any atom is -0.475 e. The van der Waals surface area contributed by atoms with Gasteiger partial charge in [-0.3, -0.25) is 0 Å². The Labute approximate surface area is 86.1 Å². The van der Waals surface area contributed by atoms with Gasteiger partial charge in [-0.2, -0.15) is 13.2 Å². The summed E-state index contributed by atoms with van der Waals surface area (Å²) in [6, 6.07) is 2.47. The molecule has 0 fully saturated rings. The van der Waals surface area contributed by atoms with Gasteiger partial charge in [-0.15, -0.1) is 0 Å². The number of rotatable bonds is 2. The van der Waals surface area contributed by atoms with Gasteiger partial charge in [0.15, 0.2) is 0 Å². The van der Waals surface area contributed by atoms with E-state index >= 15 is 0 Å². The van der Waals surface area contributed by atoms with Crippen molar-refractivity contribution < 1.29 is 17.9 Å². The first kappa shape index (κ1) is 11.8. The van der Waals surface area contributed by atoms with Gasteiger partial charge in [0.25, 0.3) is 0 Å². The third-order valence-electron chi connectivity index (χ3n) is 1.59. The van der Waals surface area contributed by atoms with Crippen molar-refractivity contribution in [2.24, 2.45) is 0 Å². The van der Waals surface area contributed by atoms with E-state index in [0.29, 0.717) is 5.56 Å². The number of aryl methyl sites for hydroxylation is 1. The lowest BCUT2D eigenvalue weighted by molar-refractivity contribution is -0.141. The van der Waals surface area contributed by atoms with Crippen LogP contribution in [0.25, 0.3) is 0 Å². The molecule has 0 saturated heterocycles. The number of aromatic nitrogens is 1. The van der Waals surface area contributed by atoms with E-state index in [1.807, 2.05) is 0 Å². The Balaban J connectivity index is 3.06. The van der Waals surface area contributed by atoms with Gasteiger partial charge in [0, 0.05) is 6.07 Å². The maximum atomic E-state index is 12.4. The summed E-state index contributed by atoms with van der Waals surface area (Å²) in [7, 11) is 0. The van der Waals surface area contributed by atoms with Crippen LogP contribution < -0.4 is 4.74 Å². The third kappa shape index (κ3) is 3.42. The van der Waals surface area contributed by atoms with E-state index in [9.17, 15) is 13.2 Å². The van der Waals surface area contributed by atoms with Gasteiger partial charge in [0.2, 0.25) is 5.88 Å². The Morgan fingerprint density at radius 1 is 1.27 bits per heavy atom. The van der Waals surface area contributed by atoms with Crippen molar-refractivity contribution in [3.05, 3.63) is 23.4 Å². The molecular weight excluding hydrogens is 207 g/mol. The molecule has 0 atom stereocenters. The molecule has 15 heavy (non-hydrogen) atoms. The molecule has 84 valence electrons. The molecule has 0 bridgehead atoms. The van der Waals surface area contributed by atoms with E-state index in [1.165, 1.54) is 6.07 Å². The molecule has 1 rings (SSSR count). The van der Waals surface area contributed by atoms with Gasteiger partial charge in [0.1, 0.15) is 5.69 Å². The van der Waals surface area contributed by atoms with Crippen LogP contribution in [0.3, 0.4) is 0 Å². The predicted molar refractivity (Wildman–Crippen MR) is 49.7 cm³/mol. The summed E-state index contributed by atoms with van der Waals surface area (Å²) >= 11 is 0. The first-order valence-corrected chi connectivity index (χ1v) is 4.51. The molecule has 0 unspecified atom stereocenters. The Bertz CT molecular complexity index is 347. The van der Waals surface area contributed by atoms with Gasteiger partial charge in [-0.1, -0.05) is 0 Å². The van der Waals surface area contributed by atoms with Crippen LogP contribution in [-0.2, 0) is 6.18 Å². The quantitative estimate of drug-likeness (QED) is 0.762. The number of nitrogens with zero attached hydrogens (tertiary/aromatic N) is 1. The largest absolute Gasteiger partial charge is 0.475 e. The van der Waals surface area contributed by atoms with E-state index < -0.39 is 11.9 Å². The van der Waals surface area contributed by atoms with Gasteiger partial charge in [-0.05, 0) is 32.4 Å². The van der Waals surface area contributed by atoms with Crippen LogP contribution in [0.5, 0.6) is 5.88 Å². The molecule has 1 aromatic rings. The molecule has 5 heteroatoms. The fourth-order valence-electron chi connectivity index (χ4n) is 1.08. The molecule has 0 radical (unpaired) electrons. The van der Waals surface area contributed by atoms with E-state index in [1.54, 1.807) is 20.8 Å². The summed E-state index contributed by atoms with van der Waals surface area (Å²) in [4.78, 5) is 3.40. The SMILES string of the molecule is Cc1cc(OC(C)C)nc(C(F)(F)F)c1. The summed E-state index contributed by atoms with van der Waals surface area (Å²) in [5.41, 5.74) is -0.439. The number of pyridine rings is 1. The van der Waals surface area contributed by atoms with Crippen LogP contribution in [0, 0.1) is 6.92 Å². The zero-order valence-corrected chi connectivity index (χ0v) is 8.72. The first-order valence-electron chi connectivity index (χ1n) is 4.51. The van der Waals surface area contributed by atoms with Gasteiger partial charge in [-0.25, -0.2) is 4.98 Å². The van der Waals surface area contributed by atoms with Gasteiger partial charge < -0.3 is 4.74 Å². The molecule has 0 aromatic carbocycles. The lowest BCUT2D eigenvalue weighted by atomic mass is 10.2. The number of hydrogen-bond acceptors (Lipinski definition) is 2. The van der Waals surface area contributed by atoms with E-state index in [-0.39, 0.29) is 12.0 Å². The molecule has 0 aliphatic carbocycles. The monoisotopic (exact) mass is 219 g/mol. The Hall–Kier alpha value is -1.26. The molecule has 0 aliphatic heterocycles. The van der Waals surface area contributed by atoms with Crippen molar-refractivity contribution in [3.8, 4) is 5.88 Å². The van der Waals surface area contributed by atoms with Crippen molar-refractivity contribution in [2.45, 2.75) is 33.1 Å². The Morgan fingerprint density at radius 2 is 1.87 bits per heavy atom. The highest BCUT2D eigenvalue weighted by Gasteiger charge is 2.33. The molecule has 0 amide bonds. The smallest absolute Gasteiger partial charge is 0.433 e. The van der Waals surface area contributed by atoms with Crippen molar-refractivity contribution in [1.82, 2.24) is 4.98 Å². The number of ether oxygens (including phenoxy) is 1. The first-order chi connectivity index (χ1) is 6.79. The van der Waals surface area contributed by atoms with Crippen LogP contribution >= 0.6 is 0 Å². The normalized spacial score (nSPS) is 11.9. The Kier molecular flexibility index (Phi) is 3.21. The fourth-order valence-corrected chi connectivity index (χ4v) is 1.08. The van der Waals surface area contributed by atoms with Crippen molar-refractivity contribution >= 4 is 0 Å². The van der Waals surface area contributed by atoms with Gasteiger partial charge in [0.05, 0.1) is 6.10 Å². The highest BCUT2D eigenvalue weighted by atomic mass is 19.4. The fraction of sp³-hybridized carbons (Fsp3) is 0.500.